The van der Waals surface area contributed by atoms with Crippen LogP contribution >= 0.6 is 33.9 Å². The predicted octanol–water partition coefficient (Wildman–Crippen LogP) is 3.41. The van der Waals surface area contributed by atoms with E-state index in [1.54, 1.807) is 12.1 Å². The molecule has 0 saturated heterocycles. The summed E-state index contributed by atoms with van der Waals surface area (Å²) in [6, 6.07) is 6.40. The highest BCUT2D eigenvalue weighted by Crippen LogP contribution is 2.27. The average Bonchev–Trinajstić information content (AvgIpc) is 2.64. The van der Waals surface area contributed by atoms with Gasteiger partial charge in [0.25, 0.3) is 0 Å². The van der Waals surface area contributed by atoms with Crippen molar-refractivity contribution in [1.29, 1.82) is 0 Å². The summed E-state index contributed by atoms with van der Waals surface area (Å²) in [6.45, 7) is -2.81. The largest absolute Gasteiger partial charge is 0.435 e. The third kappa shape index (κ3) is 2.85. The Bertz CT molecular complexity index is 492. The van der Waals surface area contributed by atoms with Gasteiger partial charge in [-0.3, -0.25) is 0 Å². The predicted molar refractivity (Wildman–Crippen MR) is 64.7 cm³/mol. The highest BCUT2D eigenvalue weighted by atomic mass is 127. The molecule has 0 N–H and O–H groups in total. The molecule has 84 valence electrons. The van der Waals surface area contributed by atoms with Crippen molar-refractivity contribution in [1.82, 2.24) is 10.2 Å². The molecule has 2 rings (SSSR count). The van der Waals surface area contributed by atoms with E-state index in [4.69, 9.17) is 0 Å². The van der Waals surface area contributed by atoms with Gasteiger partial charge in [-0.1, -0.05) is 23.5 Å². The smallest absolute Gasteiger partial charge is 0.387 e. The van der Waals surface area contributed by atoms with Gasteiger partial charge in [-0.15, -0.1) is 10.2 Å². The molecule has 0 fully saturated rings. The number of benzene rings is 1. The summed E-state index contributed by atoms with van der Waals surface area (Å²) in [7, 11) is 0. The molecule has 16 heavy (non-hydrogen) atoms. The van der Waals surface area contributed by atoms with Gasteiger partial charge < -0.3 is 4.74 Å². The number of halogens is 3. The molecule has 0 saturated carbocycles. The van der Waals surface area contributed by atoms with E-state index >= 15 is 0 Å². The molecule has 3 nitrogen and oxygen atoms in total. The van der Waals surface area contributed by atoms with Crippen LogP contribution in [0.15, 0.2) is 24.3 Å². The lowest BCUT2D eigenvalue weighted by atomic mass is 10.2. The van der Waals surface area contributed by atoms with E-state index in [1.165, 1.54) is 23.5 Å². The molecule has 0 radical (unpaired) electrons. The van der Waals surface area contributed by atoms with E-state index < -0.39 is 6.61 Å². The molecule has 1 heterocycles. The van der Waals surface area contributed by atoms with E-state index in [0.29, 0.717) is 5.01 Å². The Morgan fingerprint density at radius 2 is 2.12 bits per heavy atom. The lowest BCUT2D eigenvalue weighted by Gasteiger charge is -2.04. The molecule has 0 atom stereocenters. The number of hydrogen-bond acceptors (Lipinski definition) is 4. The van der Waals surface area contributed by atoms with Gasteiger partial charge in [-0.25, -0.2) is 0 Å². The molecule has 7 heteroatoms. The van der Waals surface area contributed by atoms with Crippen LogP contribution in [0.3, 0.4) is 0 Å². The van der Waals surface area contributed by atoms with Crippen LogP contribution < -0.4 is 4.74 Å². The fraction of sp³-hybridized carbons (Fsp3) is 0.111. The van der Waals surface area contributed by atoms with Crippen molar-refractivity contribution in [3.8, 4) is 16.3 Å². The first kappa shape index (κ1) is 11.6. The van der Waals surface area contributed by atoms with Gasteiger partial charge in [0, 0.05) is 5.56 Å². The topological polar surface area (TPSA) is 35.0 Å². The van der Waals surface area contributed by atoms with Crippen molar-refractivity contribution < 1.29 is 13.5 Å². The molecule has 0 bridgehead atoms. The van der Waals surface area contributed by atoms with Gasteiger partial charge in [0.05, 0.1) is 0 Å². The molecule has 0 spiro atoms. The van der Waals surface area contributed by atoms with E-state index in [-0.39, 0.29) is 5.75 Å². The van der Waals surface area contributed by atoms with E-state index in [0.717, 1.165) is 8.58 Å². The van der Waals surface area contributed by atoms with Gasteiger partial charge in [0.2, 0.25) is 0 Å². The molecule has 1 aromatic carbocycles. The number of aromatic nitrogens is 2. The van der Waals surface area contributed by atoms with Gasteiger partial charge >= 0.3 is 6.61 Å². The summed E-state index contributed by atoms with van der Waals surface area (Å²) >= 11 is 3.44. The highest BCUT2D eigenvalue weighted by molar-refractivity contribution is 14.1. The van der Waals surface area contributed by atoms with Crippen LogP contribution in [0.5, 0.6) is 5.75 Å². The second-order valence-electron chi connectivity index (χ2n) is 2.77. The first-order chi connectivity index (χ1) is 7.65. The van der Waals surface area contributed by atoms with Crippen molar-refractivity contribution in [2.75, 3.05) is 0 Å². The molecule has 0 aliphatic heterocycles. The molecular formula is C9H5F2IN2OS. The Kier molecular flexibility index (Phi) is 3.64. The van der Waals surface area contributed by atoms with E-state index in [1.807, 2.05) is 22.6 Å². The minimum atomic E-state index is -2.81. The van der Waals surface area contributed by atoms with Gasteiger partial charge in [-0.05, 0) is 34.7 Å². The molecule has 0 unspecified atom stereocenters. The fourth-order valence-corrected chi connectivity index (χ4v) is 2.43. The quantitative estimate of drug-likeness (QED) is 0.793. The van der Waals surface area contributed by atoms with Crippen LogP contribution in [0.2, 0.25) is 0 Å². The first-order valence-corrected chi connectivity index (χ1v) is 6.09. The standard InChI is InChI=1S/C9H5F2IN2OS/c10-8(11)15-6-3-1-2-5(4-6)7-13-14-9(12)16-7/h1-4,8H. The Morgan fingerprint density at radius 1 is 1.31 bits per heavy atom. The van der Waals surface area contributed by atoms with Crippen LogP contribution in [-0.4, -0.2) is 16.8 Å². The van der Waals surface area contributed by atoms with Crippen molar-refractivity contribution in [3.05, 3.63) is 27.3 Å². The number of ether oxygens (including phenoxy) is 1. The van der Waals surface area contributed by atoms with Gasteiger partial charge in [0.1, 0.15) is 10.8 Å². The normalized spacial score (nSPS) is 10.8. The third-order valence-corrected chi connectivity index (χ3v) is 3.34. The Morgan fingerprint density at radius 3 is 2.75 bits per heavy atom. The Labute approximate surface area is 108 Å². The van der Waals surface area contributed by atoms with Crippen molar-refractivity contribution in [2.24, 2.45) is 0 Å². The minimum absolute atomic E-state index is 0.123. The molecule has 0 aliphatic carbocycles. The number of nitrogens with zero attached hydrogens (tertiary/aromatic N) is 2. The van der Waals surface area contributed by atoms with Crippen molar-refractivity contribution in [2.45, 2.75) is 6.61 Å². The molecule has 1 aromatic heterocycles. The third-order valence-electron chi connectivity index (χ3n) is 1.71. The first-order valence-electron chi connectivity index (χ1n) is 4.19. The van der Waals surface area contributed by atoms with Crippen molar-refractivity contribution >= 4 is 33.9 Å². The maximum atomic E-state index is 12.0. The van der Waals surface area contributed by atoms with Crippen LogP contribution in [0, 0.1) is 3.01 Å². The molecule has 0 aliphatic rings. The monoisotopic (exact) mass is 354 g/mol. The van der Waals surface area contributed by atoms with Crippen LogP contribution in [-0.2, 0) is 0 Å². The lowest BCUT2D eigenvalue weighted by Crippen LogP contribution is -2.01. The van der Waals surface area contributed by atoms with E-state index in [2.05, 4.69) is 14.9 Å². The SMILES string of the molecule is FC(F)Oc1cccc(-c2nnc(I)s2)c1. The summed E-state index contributed by atoms with van der Waals surface area (Å²) in [6.07, 6.45) is 0. The van der Waals surface area contributed by atoms with Crippen LogP contribution in [0.25, 0.3) is 10.6 Å². The van der Waals surface area contributed by atoms with Gasteiger partial charge in [0.15, 0.2) is 3.01 Å². The zero-order chi connectivity index (χ0) is 11.5. The molecule has 0 amide bonds. The molecule has 2 aromatic rings. The second kappa shape index (κ2) is 5.00. The Hall–Kier alpha value is -0.830. The second-order valence-corrected chi connectivity index (χ2v) is 5.50. The zero-order valence-electron chi connectivity index (χ0n) is 7.73. The average molecular weight is 354 g/mol. The lowest BCUT2D eigenvalue weighted by molar-refractivity contribution is -0.0498. The van der Waals surface area contributed by atoms with Crippen molar-refractivity contribution in [3.63, 3.8) is 0 Å². The summed E-state index contributed by atoms with van der Waals surface area (Å²) in [4.78, 5) is 0. The maximum Gasteiger partial charge on any atom is 0.387 e. The van der Waals surface area contributed by atoms with E-state index in [9.17, 15) is 8.78 Å². The summed E-state index contributed by atoms with van der Waals surface area (Å²) in [5.74, 6) is 0.123. The maximum absolute atomic E-state index is 12.0. The number of rotatable bonds is 3. The minimum Gasteiger partial charge on any atom is -0.435 e. The van der Waals surface area contributed by atoms with Gasteiger partial charge in [-0.2, -0.15) is 8.78 Å². The Balaban J connectivity index is 2.28. The zero-order valence-corrected chi connectivity index (χ0v) is 10.7. The number of hydrogen-bond donors (Lipinski definition) is 0. The fourth-order valence-electron chi connectivity index (χ4n) is 1.13. The summed E-state index contributed by atoms with van der Waals surface area (Å²) in [5.41, 5.74) is 0.721. The molecular weight excluding hydrogens is 349 g/mol. The number of alkyl halides is 2. The summed E-state index contributed by atoms with van der Waals surface area (Å²) in [5, 5.41) is 8.46. The van der Waals surface area contributed by atoms with Crippen LogP contribution in [0.1, 0.15) is 0 Å². The van der Waals surface area contributed by atoms with Crippen LogP contribution in [0.4, 0.5) is 8.78 Å². The highest BCUT2D eigenvalue weighted by Gasteiger charge is 2.08. The summed E-state index contributed by atoms with van der Waals surface area (Å²) < 4.78 is 29.1.